The second kappa shape index (κ2) is 8.39. The van der Waals surface area contributed by atoms with Crippen LogP contribution in [0.2, 0.25) is 5.15 Å². The number of fused-ring (bicyclic) bond motifs is 6. The van der Waals surface area contributed by atoms with Crippen molar-refractivity contribution in [1.82, 2.24) is 9.97 Å². The van der Waals surface area contributed by atoms with E-state index >= 15 is 0 Å². The first-order valence-electron chi connectivity index (χ1n) is 13.0. The number of benzene rings is 5. The van der Waals surface area contributed by atoms with Crippen LogP contribution in [0.3, 0.4) is 0 Å². The second-order valence-electron chi connectivity index (χ2n) is 9.90. The van der Waals surface area contributed by atoms with Crippen LogP contribution in [-0.4, -0.2) is 9.97 Å². The first-order valence-corrected chi connectivity index (χ1v) is 13.3. The molecule has 184 valence electrons. The maximum atomic E-state index is 6.82. The SMILES string of the molecule is Clc1nc2c(nc1-c1ccc3c(c1)C(c1ccccc1)(c1ccccc1)c1ccccc1-3)oc1ccccc12. The Hall–Kier alpha value is -4.73. The molecule has 0 saturated carbocycles. The van der Waals surface area contributed by atoms with Crippen molar-refractivity contribution in [3.05, 3.63) is 155 Å². The van der Waals surface area contributed by atoms with E-state index in [-0.39, 0.29) is 0 Å². The van der Waals surface area contributed by atoms with E-state index in [0.29, 0.717) is 22.1 Å². The van der Waals surface area contributed by atoms with Gasteiger partial charge in [0.1, 0.15) is 16.8 Å². The molecule has 0 fully saturated rings. The molecule has 1 aliphatic rings. The Bertz CT molecular complexity index is 1990. The summed E-state index contributed by atoms with van der Waals surface area (Å²) in [6.45, 7) is 0. The van der Waals surface area contributed by atoms with Crippen molar-refractivity contribution in [2.45, 2.75) is 5.41 Å². The molecule has 5 aromatic carbocycles. The summed E-state index contributed by atoms with van der Waals surface area (Å²) in [4.78, 5) is 9.62. The minimum Gasteiger partial charge on any atom is -0.436 e. The van der Waals surface area contributed by atoms with Crippen molar-refractivity contribution in [3.8, 4) is 22.4 Å². The van der Waals surface area contributed by atoms with E-state index in [0.717, 1.165) is 16.5 Å². The smallest absolute Gasteiger partial charge is 0.247 e. The lowest BCUT2D eigenvalue weighted by atomic mass is 9.67. The van der Waals surface area contributed by atoms with Crippen molar-refractivity contribution >= 4 is 33.8 Å². The van der Waals surface area contributed by atoms with Crippen molar-refractivity contribution < 1.29 is 4.42 Å². The highest BCUT2D eigenvalue weighted by Gasteiger charge is 2.46. The van der Waals surface area contributed by atoms with Crippen molar-refractivity contribution in [1.29, 1.82) is 0 Å². The molecule has 0 saturated heterocycles. The van der Waals surface area contributed by atoms with Crippen molar-refractivity contribution in [2.75, 3.05) is 0 Å². The Kier molecular flexibility index (Phi) is 4.79. The van der Waals surface area contributed by atoms with Gasteiger partial charge < -0.3 is 4.42 Å². The van der Waals surface area contributed by atoms with Gasteiger partial charge in [-0.2, -0.15) is 0 Å². The number of hydrogen-bond acceptors (Lipinski definition) is 3. The normalized spacial score (nSPS) is 13.5. The zero-order chi connectivity index (χ0) is 26.0. The minimum atomic E-state index is -0.492. The van der Waals surface area contributed by atoms with Crippen LogP contribution in [0.15, 0.2) is 132 Å². The summed E-state index contributed by atoms with van der Waals surface area (Å²) in [6.07, 6.45) is 0. The fraction of sp³-hybridized carbons (Fsp3) is 0.0286. The van der Waals surface area contributed by atoms with Crippen LogP contribution in [0.1, 0.15) is 22.3 Å². The Morgan fingerprint density at radius 2 is 1.23 bits per heavy atom. The first-order chi connectivity index (χ1) is 19.2. The van der Waals surface area contributed by atoms with Gasteiger partial charge in [-0.3, -0.25) is 0 Å². The van der Waals surface area contributed by atoms with Gasteiger partial charge in [0.2, 0.25) is 5.71 Å². The average molecular weight is 521 g/mol. The van der Waals surface area contributed by atoms with Gasteiger partial charge in [-0.1, -0.05) is 121 Å². The third-order valence-corrected chi connectivity index (χ3v) is 8.17. The molecule has 3 nitrogen and oxygen atoms in total. The summed E-state index contributed by atoms with van der Waals surface area (Å²) in [7, 11) is 0. The molecule has 0 N–H and O–H groups in total. The number of nitrogens with zero attached hydrogens (tertiary/aromatic N) is 2. The lowest BCUT2D eigenvalue weighted by Crippen LogP contribution is -2.28. The summed E-state index contributed by atoms with van der Waals surface area (Å²) in [6, 6.07) is 44.5. The molecule has 8 rings (SSSR count). The first kappa shape index (κ1) is 22.3. The lowest BCUT2D eigenvalue weighted by molar-refractivity contribution is 0.653. The molecule has 0 radical (unpaired) electrons. The Morgan fingerprint density at radius 1 is 0.590 bits per heavy atom. The van der Waals surface area contributed by atoms with Crippen LogP contribution >= 0.6 is 11.6 Å². The van der Waals surface area contributed by atoms with Gasteiger partial charge in [0.15, 0.2) is 5.15 Å². The van der Waals surface area contributed by atoms with Crippen LogP contribution in [0.4, 0.5) is 0 Å². The Labute approximate surface area is 230 Å². The molecular formula is C35H21ClN2O. The molecule has 7 aromatic rings. The highest BCUT2D eigenvalue weighted by molar-refractivity contribution is 6.32. The van der Waals surface area contributed by atoms with Crippen LogP contribution in [-0.2, 0) is 5.41 Å². The topological polar surface area (TPSA) is 38.9 Å². The molecule has 1 aliphatic carbocycles. The summed E-state index contributed by atoms with van der Waals surface area (Å²) >= 11 is 6.82. The molecule has 4 heteroatoms. The number of aromatic nitrogens is 2. The number of hydrogen-bond donors (Lipinski definition) is 0. The highest BCUT2D eigenvalue weighted by atomic mass is 35.5. The molecule has 0 atom stereocenters. The van der Waals surface area contributed by atoms with E-state index in [4.69, 9.17) is 26.0 Å². The van der Waals surface area contributed by atoms with Crippen molar-refractivity contribution in [2.24, 2.45) is 0 Å². The average Bonchev–Trinajstić information content (AvgIpc) is 3.50. The van der Waals surface area contributed by atoms with E-state index in [9.17, 15) is 0 Å². The largest absolute Gasteiger partial charge is 0.436 e. The summed E-state index contributed by atoms with van der Waals surface area (Å²) in [5.74, 6) is 0. The van der Waals surface area contributed by atoms with Crippen LogP contribution < -0.4 is 0 Å². The number of rotatable bonds is 3. The summed E-state index contributed by atoms with van der Waals surface area (Å²) < 4.78 is 6.06. The van der Waals surface area contributed by atoms with Gasteiger partial charge in [-0.05, 0) is 51.6 Å². The van der Waals surface area contributed by atoms with Gasteiger partial charge in [0.25, 0.3) is 0 Å². The molecule has 2 aromatic heterocycles. The van der Waals surface area contributed by atoms with Gasteiger partial charge >= 0.3 is 0 Å². The van der Waals surface area contributed by atoms with Gasteiger partial charge in [-0.15, -0.1) is 0 Å². The molecular weight excluding hydrogens is 500 g/mol. The lowest BCUT2D eigenvalue weighted by Gasteiger charge is -2.34. The second-order valence-corrected chi connectivity index (χ2v) is 10.3. The third kappa shape index (κ3) is 3.11. The highest BCUT2D eigenvalue weighted by Crippen LogP contribution is 2.56. The predicted octanol–water partition coefficient (Wildman–Crippen LogP) is 9.06. The van der Waals surface area contributed by atoms with E-state index in [2.05, 4.69) is 103 Å². The maximum absolute atomic E-state index is 6.82. The van der Waals surface area contributed by atoms with E-state index in [1.807, 2.05) is 24.3 Å². The Morgan fingerprint density at radius 3 is 2.00 bits per heavy atom. The van der Waals surface area contributed by atoms with E-state index < -0.39 is 5.41 Å². The molecule has 0 aliphatic heterocycles. The molecule has 0 amide bonds. The predicted molar refractivity (Wildman–Crippen MR) is 157 cm³/mol. The number of halogens is 1. The molecule has 2 heterocycles. The van der Waals surface area contributed by atoms with Crippen LogP contribution in [0, 0.1) is 0 Å². The summed E-state index contributed by atoms with van der Waals surface area (Å²) in [5.41, 5.74) is 10.2. The molecule has 0 bridgehead atoms. The molecule has 0 spiro atoms. The van der Waals surface area contributed by atoms with Crippen LogP contribution in [0.25, 0.3) is 44.6 Å². The quantitative estimate of drug-likeness (QED) is 0.233. The third-order valence-electron chi connectivity index (χ3n) is 7.90. The molecule has 39 heavy (non-hydrogen) atoms. The summed E-state index contributed by atoms with van der Waals surface area (Å²) in [5, 5.41) is 1.26. The van der Waals surface area contributed by atoms with Crippen LogP contribution in [0.5, 0.6) is 0 Å². The number of para-hydroxylation sites is 1. The fourth-order valence-electron chi connectivity index (χ4n) is 6.28. The maximum Gasteiger partial charge on any atom is 0.247 e. The zero-order valence-corrected chi connectivity index (χ0v) is 21.6. The standard InChI is InChI=1S/C35H21ClN2O/c36-33-31(38-34-32(37-33)27-16-8-10-18-30(27)39-34)22-19-20-26-25-15-7-9-17-28(25)35(29(26)21-22,23-11-3-1-4-12-23)24-13-5-2-6-14-24/h1-21H. The van der Waals surface area contributed by atoms with E-state index in [1.165, 1.54) is 33.4 Å². The van der Waals surface area contributed by atoms with Gasteiger partial charge in [-0.25, -0.2) is 9.97 Å². The Balaban J connectivity index is 1.43. The van der Waals surface area contributed by atoms with E-state index in [1.54, 1.807) is 0 Å². The van der Waals surface area contributed by atoms with Crippen molar-refractivity contribution in [3.63, 3.8) is 0 Å². The van der Waals surface area contributed by atoms with Gasteiger partial charge in [0, 0.05) is 10.9 Å². The van der Waals surface area contributed by atoms with Gasteiger partial charge in [0.05, 0.1) is 5.41 Å². The molecule has 0 unspecified atom stereocenters. The zero-order valence-electron chi connectivity index (χ0n) is 20.8. The minimum absolute atomic E-state index is 0.356. The monoisotopic (exact) mass is 520 g/mol. The fourth-order valence-corrected chi connectivity index (χ4v) is 6.51. The number of furan rings is 1.